The fourth-order valence-corrected chi connectivity index (χ4v) is 3.72. The molecule has 3 atom stereocenters. The van der Waals surface area contributed by atoms with E-state index in [-0.39, 0.29) is 23.8 Å². The van der Waals surface area contributed by atoms with E-state index in [0.29, 0.717) is 19.1 Å². The molecule has 2 fully saturated rings. The normalized spacial score (nSPS) is 19.0. The summed E-state index contributed by atoms with van der Waals surface area (Å²) in [5.41, 5.74) is 6.09. The maximum absolute atomic E-state index is 11.3. The Hall–Kier alpha value is -2.93. The molecule has 1 amide bonds. The summed E-state index contributed by atoms with van der Waals surface area (Å²) in [6.07, 6.45) is 13.3. The average molecular weight is 532 g/mol. The van der Waals surface area contributed by atoms with Gasteiger partial charge in [-0.2, -0.15) is 0 Å². The van der Waals surface area contributed by atoms with E-state index in [1.807, 2.05) is 63.1 Å². The van der Waals surface area contributed by atoms with Crippen molar-refractivity contribution in [1.82, 2.24) is 4.90 Å². The second-order valence-electron chi connectivity index (χ2n) is 8.64. The topological polar surface area (TPSA) is 102 Å². The number of para-hydroxylation sites is 1. The first-order valence-electron chi connectivity index (χ1n) is 14.0. The van der Waals surface area contributed by atoms with Crippen LogP contribution in [0.25, 0.3) is 0 Å². The maximum atomic E-state index is 11.3. The van der Waals surface area contributed by atoms with Crippen LogP contribution in [0.4, 0.5) is 5.69 Å². The molecule has 1 saturated carbocycles. The van der Waals surface area contributed by atoms with Gasteiger partial charge in [0.1, 0.15) is 6.29 Å². The van der Waals surface area contributed by atoms with Gasteiger partial charge in [0.2, 0.25) is 5.91 Å². The van der Waals surface area contributed by atoms with Gasteiger partial charge in [-0.25, -0.2) is 0 Å². The lowest BCUT2D eigenvalue weighted by atomic mass is 10.2. The van der Waals surface area contributed by atoms with Gasteiger partial charge in [0.15, 0.2) is 0 Å². The zero-order valence-corrected chi connectivity index (χ0v) is 24.5. The van der Waals surface area contributed by atoms with Crippen LogP contribution in [-0.2, 0) is 19.1 Å². The summed E-state index contributed by atoms with van der Waals surface area (Å²) >= 11 is 0. The molecule has 216 valence electrons. The molecule has 7 heteroatoms. The zero-order chi connectivity index (χ0) is 29.2. The number of likely N-dealkylation sites (N-methyl/N-ethyl adjacent to an activating group) is 1. The number of esters is 1. The summed E-state index contributed by atoms with van der Waals surface area (Å²) in [7, 11) is 1.93. The number of nitrogens with two attached hydrogens (primary N) is 1. The number of unbranched alkanes of at least 4 members (excludes halogenated alkanes) is 3. The van der Waals surface area contributed by atoms with Gasteiger partial charge in [-0.1, -0.05) is 64.0 Å². The highest BCUT2D eigenvalue weighted by molar-refractivity contribution is 5.80. The fourth-order valence-electron chi connectivity index (χ4n) is 3.72. The number of carbonyl (C=O) groups is 3. The van der Waals surface area contributed by atoms with Gasteiger partial charge in [0, 0.05) is 5.69 Å². The van der Waals surface area contributed by atoms with Gasteiger partial charge >= 0.3 is 5.97 Å². The average Bonchev–Trinajstić information content (AvgIpc) is 3.60. The molecule has 1 saturated heterocycles. The van der Waals surface area contributed by atoms with Crippen molar-refractivity contribution in [3.63, 3.8) is 0 Å². The Kier molecular flexibility index (Phi) is 25.2. The van der Waals surface area contributed by atoms with E-state index in [4.69, 9.17) is 10.5 Å². The van der Waals surface area contributed by atoms with Crippen LogP contribution in [-0.4, -0.2) is 55.8 Å². The van der Waals surface area contributed by atoms with Gasteiger partial charge in [0.25, 0.3) is 0 Å². The van der Waals surface area contributed by atoms with Crippen LogP contribution in [0.1, 0.15) is 72.6 Å². The Balaban J connectivity index is 0. The highest BCUT2D eigenvalue weighted by Gasteiger charge is 2.42. The summed E-state index contributed by atoms with van der Waals surface area (Å²) < 4.78 is 4.97. The van der Waals surface area contributed by atoms with E-state index in [9.17, 15) is 14.4 Å². The molecule has 3 rings (SSSR count). The molecule has 1 aliphatic carbocycles. The van der Waals surface area contributed by atoms with Crippen LogP contribution in [0, 0.1) is 11.8 Å². The van der Waals surface area contributed by atoms with Crippen molar-refractivity contribution in [1.29, 1.82) is 0 Å². The number of primary amides is 1. The lowest BCUT2D eigenvalue weighted by molar-refractivity contribution is -0.144. The number of anilines is 1. The number of amides is 1. The first-order valence-corrected chi connectivity index (χ1v) is 14.0. The fraction of sp³-hybridized carbons (Fsp3) is 0.581. The molecule has 1 aromatic carbocycles. The molecular weight excluding hydrogens is 478 g/mol. The lowest BCUT2D eigenvalue weighted by Crippen LogP contribution is -2.37. The van der Waals surface area contributed by atoms with Gasteiger partial charge in [0.05, 0.1) is 25.1 Å². The van der Waals surface area contributed by atoms with Gasteiger partial charge in [-0.3, -0.25) is 14.5 Å². The van der Waals surface area contributed by atoms with Crippen molar-refractivity contribution in [3.8, 4) is 0 Å². The van der Waals surface area contributed by atoms with Crippen molar-refractivity contribution in [3.05, 3.63) is 55.6 Å². The molecule has 0 bridgehead atoms. The molecule has 1 heterocycles. The molecule has 0 radical (unpaired) electrons. The van der Waals surface area contributed by atoms with Crippen molar-refractivity contribution in [2.24, 2.45) is 17.6 Å². The van der Waals surface area contributed by atoms with Crippen LogP contribution in [0.3, 0.4) is 0 Å². The number of carbonyl (C=O) groups excluding carboxylic acids is 3. The number of benzene rings is 1. The molecular formula is C31H53N3O4. The Morgan fingerprint density at radius 2 is 1.82 bits per heavy atom. The third kappa shape index (κ3) is 18.3. The summed E-state index contributed by atoms with van der Waals surface area (Å²) in [6.45, 7) is 16.0. The summed E-state index contributed by atoms with van der Waals surface area (Å²) in [5.74, 6) is 0.425. The molecule has 2 unspecified atom stereocenters. The summed E-state index contributed by atoms with van der Waals surface area (Å²) in [5, 5.41) is 2.93. The van der Waals surface area contributed by atoms with Gasteiger partial charge in [-0.15, -0.1) is 13.2 Å². The maximum Gasteiger partial charge on any atom is 0.309 e. The Morgan fingerprint density at radius 3 is 2.29 bits per heavy atom. The number of likely N-dealkylation sites (tertiary alicyclic amines) is 1. The quantitative estimate of drug-likeness (QED) is 0.157. The van der Waals surface area contributed by atoms with Crippen molar-refractivity contribution in [2.45, 2.75) is 78.7 Å². The molecule has 0 spiro atoms. The summed E-state index contributed by atoms with van der Waals surface area (Å²) in [4.78, 5) is 33.8. The number of ether oxygens (including phenoxy) is 1. The standard InChI is InChI=1S/C13H22O2.C8H9NO.C6H12N2O.C2H6.C2H4/c1-3-5-6-7-8-9-11-10-12(11)13(14)15-4-2;10-7-6-9-8-4-2-1-3-5-8;1-8-4-2-3-5(8)6(7)9;2*1-2/h8-9,11-12H,3-7,10H2,1-2H3;1-5,7,9H,6H2;5H,2-4H2,1H3,(H2,7,9);1-2H3;1-2H2/b9-8-;;;;/t11?,12-;;;;/m0..../s1. The predicted octanol–water partition coefficient (Wildman–Crippen LogP) is 6.01. The van der Waals surface area contributed by atoms with Gasteiger partial charge < -0.3 is 20.6 Å². The van der Waals surface area contributed by atoms with Crippen LogP contribution in [0.2, 0.25) is 0 Å². The van der Waals surface area contributed by atoms with E-state index in [2.05, 4.69) is 37.6 Å². The van der Waals surface area contributed by atoms with Crippen molar-refractivity contribution < 1.29 is 19.1 Å². The molecule has 3 N–H and O–H groups in total. The van der Waals surface area contributed by atoms with Crippen LogP contribution >= 0.6 is 0 Å². The Labute approximate surface area is 231 Å². The molecule has 38 heavy (non-hydrogen) atoms. The predicted molar refractivity (Wildman–Crippen MR) is 160 cm³/mol. The highest BCUT2D eigenvalue weighted by atomic mass is 16.5. The first kappa shape index (κ1) is 37.2. The summed E-state index contributed by atoms with van der Waals surface area (Å²) in [6, 6.07) is 9.63. The number of aldehydes is 1. The third-order valence-corrected chi connectivity index (χ3v) is 5.80. The zero-order valence-electron chi connectivity index (χ0n) is 24.5. The van der Waals surface area contributed by atoms with Crippen LogP contribution < -0.4 is 11.1 Å². The number of hydrogen-bond donors (Lipinski definition) is 2. The number of rotatable bonds is 11. The molecule has 1 aromatic rings. The van der Waals surface area contributed by atoms with Crippen LogP contribution in [0.15, 0.2) is 55.6 Å². The minimum absolute atomic E-state index is 0.00463. The highest BCUT2D eigenvalue weighted by Crippen LogP contribution is 2.40. The minimum atomic E-state index is -0.185. The minimum Gasteiger partial charge on any atom is -0.466 e. The third-order valence-electron chi connectivity index (χ3n) is 5.80. The second kappa shape index (κ2) is 25.7. The smallest absolute Gasteiger partial charge is 0.309 e. The molecule has 1 aliphatic heterocycles. The second-order valence-corrected chi connectivity index (χ2v) is 8.64. The Bertz CT molecular complexity index is 755. The SMILES string of the molecule is C=C.CC.CCCCC/C=C\C1C[C@@H]1C(=O)OCC.CN1CCCC1C(N)=O.O=CCNc1ccccc1. The largest absolute Gasteiger partial charge is 0.466 e. The Morgan fingerprint density at radius 1 is 1.16 bits per heavy atom. The van der Waals surface area contributed by atoms with Crippen LogP contribution in [0.5, 0.6) is 0 Å². The van der Waals surface area contributed by atoms with Gasteiger partial charge in [-0.05, 0) is 70.7 Å². The number of hydrogen-bond acceptors (Lipinski definition) is 6. The molecule has 7 nitrogen and oxygen atoms in total. The number of nitrogens with one attached hydrogen (secondary N) is 1. The van der Waals surface area contributed by atoms with Crippen molar-refractivity contribution in [2.75, 3.05) is 32.1 Å². The first-order chi connectivity index (χ1) is 18.4. The van der Waals surface area contributed by atoms with Crippen molar-refractivity contribution >= 4 is 23.9 Å². The van der Waals surface area contributed by atoms with E-state index < -0.39 is 0 Å². The molecule has 0 aromatic heterocycles. The number of allylic oxidation sites excluding steroid dienone is 2. The monoisotopic (exact) mass is 531 g/mol. The lowest BCUT2D eigenvalue weighted by Gasteiger charge is -2.14. The van der Waals surface area contributed by atoms with E-state index in [1.54, 1.807) is 0 Å². The van der Waals surface area contributed by atoms with E-state index >= 15 is 0 Å². The van der Waals surface area contributed by atoms with E-state index in [1.165, 1.54) is 19.3 Å². The molecule has 2 aliphatic rings. The van der Waals surface area contributed by atoms with E-state index in [0.717, 1.165) is 44.2 Å². The number of nitrogens with zero attached hydrogens (tertiary/aromatic N) is 1.